The summed E-state index contributed by atoms with van der Waals surface area (Å²) in [4.78, 5) is 6.76. The molecule has 0 aromatic carbocycles. The van der Waals surface area contributed by atoms with E-state index in [4.69, 9.17) is 5.73 Å². The van der Waals surface area contributed by atoms with Gasteiger partial charge in [-0.15, -0.1) is 0 Å². The lowest BCUT2D eigenvalue weighted by Gasteiger charge is -2.38. The molecule has 0 radical (unpaired) electrons. The van der Waals surface area contributed by atoms with Crippen LogP contribution in [-0.2, 0) is 0 Å². The van der Waals surface area contributed by atoms with Gasteiger partial charge in [-0.2, -0.15) is 0 Å². The number of aromatic nitrogens is 1. The second kappa shape index (κ2) is 4.39. The normalized spacial score (nSPS) is 26.4. The highest BCUT2D eigenvalue weighted by molar-refractivity contribution is 5.28. The molecule has 2 N–H and O–H groups in total. The van der Waals surface area contributed by atoms with Gasteiger partial charge in [-0.1, -0.05) is 0 Å². The lowest BCUT2D eigenvalue weighted by molar-refractivity contribution is 0.116. The molecule has 2 rings (SSSR count). The van der Waals surface area contributed by atoms with Crippen LogP contribution in [0, 0.1) is 6.92 Å². The van der Waals surface area contributed by atoms with Crippen molar-refractivity contribution < 1.29 is 0 Å². The Balaban J connectivity index is 2.38. The summed E-state index contributed by atoms with van der Waals surface area (Å²) >= 11 is 0. The van der Waals surface area contributed by atoms with Crippen LogP contribution in [0.2, 0.25) is 0 Å². The third-order valence-corrected chi connectivity index (χ3v) is 3.70. The molecular weight excluding hydrogens is 210 g/mol. The molecule has 1 aliphatic heterocycles. The lowest BCUT2D eigenvalue weighted by Crippen LogP contribution is -2.43. The van der Waals surface area contributed by atoms with E-state index in [2.05, 4.69) is 43.6 Å². The average Bonchev–Trinajstić information content (AvgIpc) is 2.60. The van der Waals surface area contributed by atoms with Crippen molar-refractivity contribution in [2.45, 2.75) is 51.7 Å². The Labute approximate surface area is 104 Å². The zero-order valence-electron chi connectivity index (χ0n) is 11.3. The molecule has 1 fully saturated rings. The first kappa shape index (κ1) is 12.5. The Bertz CT molecular complexity index is 395. The molecule has 3 nitrogen and oxygen atoms in total. The third kappa shape index (κ3) is 2.35. The SMILES string of the molecule is Cc1ccncc1C1C(N)CCN1C(C)(C)C. The van der Waals surface area contributed by atoms with E-state index < -0.39 is 0 Å². The molecular formula is C14H23N3. The Morgan fingerprint density at radius 1 is 1.41 bits per heavy atom. The van der Waals surface area contributed by atoms with Crippen LogP contribution in [0.3, 0.4) is 0 Å². The van der Waals surface area contributed by atoms with Crippen molar-refractivity contribution in [3.05, 3.63) is 29.6 Å². The van der Waals surface area contributed by atoms with E-state index in [1.807, 2.05) is 12.4 Å². The van der Waals surface area contributed by atoms with Gasteiger partial charge in [0.1, 0.15) is 0 Å². The van der Waals surface area contributed by atoms with Crippen LogP contribution < -0.4 is 5.73 Å². The van der Waals surface area contributed by atoms with Gasteiger partial charge < -0.3 is 5.73 Å². The highest BCUT2D eigenvalue weighted by atomic mass is 15.3. The van der Waals surface area contributed by atoms with Gasteiger partial charge in [-0.25, -0.2) is 0 Å². The van der Waals surface area contributed by atoms with Gasteiger partial charge in [-0.05, 0) is 51.3 Å². The molecule has 2 heterocycles. The smallest absolute Gasteiger partial charge is 0.0522 e. The minimum atomic E-state index is 0.154. The fourth-order valence-electron chi connectivity index (χ4n) is 2.75. The number of hydrogen-bond donors (Lipinski definition) is 1. The number of nitrogens with two attached hydrogens (primary N) is 1. The summed E-state index contributed by atoms with van der Waals surface area (Å²) in [5.41, 5.74) is 9.02. The molecule has 0 spiro atoms. The maximum atomic E-state index is 6.30. The van der Waals surface area contributed by atoms with Crippen molar-refractivity contribution in [2.75, 3.05) is 6.54 Å². The van der Waals surface area contributed by atoms with Gasteiger partial charge in [0.2, 0.25) is 0 Å². The molecule has 1 aromatic rings. The molecule has 3 heteroatoms. The summed E-state index contributed by atoms with van der Waals surface area (Å²) in [6.07, 6.45) is 4.89. The minimum absolute atomic E-state index is 0.154. The van der Waals surface area contributed by atoms with Gasteiger partial charge in [0.05, 0.1) is 6.04 Å². The van der Waals surface area contributed by atoms with Crippen molar-refractivity contribution in [3.8, 4) is 0 Å². The van der Waals surface area contributed by atoms with E-state index in [0.29, 0.717) is 6.04 Å². The van der Waals surface area contributed by atoms with Crippen LogP contribution in [0.1, 0.15) is 44.4 Å². The number of rotatable bonds is 1. The molecule has 17 heavy (non-hydrogen) atoms. The standard InChI is InChI=1S/C14H23N3/c1-10-5-7-16-9-11(10)13-12(15)6-8-17(13)14(2,3)4/h5,7,9,12-13H,6,8,15H2,1-4H3. The monoisotopic (exact) mass is 233 g/mol. The molecule has 2 unspecified atom stereocenters. The van der Waals surface area contributed by atoms with Crippen molar-refractivity contribution in [1.29, 1.82) is 0 Å². The highest BCUT2D eigenvalue weighted by Crippen LogP contribution is 2.37. The lowest BCUT2D eigenvalue weighted by atomic mass is 9.95. The number of nitrogens with zero attached hydrogens (tertiary/aromatic N) is 2. The Morgan fingerprint density at radius 2 is 2.12 bits per heavy atom. The minimum Gasteiger partial charge on any atom is -0.326 e. The van der Waals surface area contributed by atoms with Crippen LogP contribution in [0.15, 0.2) is 18.5 Å². The molecule has 94 valence electrons. The fourth-order valence-corrected chi connectivity index (χ4v) is 2.75. The first-order valence-electron chi connectivity index (χ1n) is 6.34. The van der Waals surface area contributed by atoms with Crippen LogP contribution in [0.5, 0.6) is 0 Å². The summed E-state index contributed by atoms with van der Waals surface area (Å²) in [7, 11) is 0. The number of aryl methyl sites for hydroxylation is 1. The van der Waals surface area contributed by atoms with E-state index in [0.717, 1.165) is 13.0 Å². The number of likely N-dealkylation sites (tertiary alicyclic amines) is 1. The third-order valence-electron chi connectivity index (χ3n) is 3.70. The van der Waals surface area contributed by atoms with Crippen molar-refractivity contribution in [2.24, 2.45) is 5.73 Å². The van der Waals surface area contributed by atoms with E-state index in [9.17, 15) is 0 Å². The van der Waals surface area contributed by atoms with Gasteiger partial charge in [0.25, 0.3) is 0 Å². The molecule has 0 amide bonds. The molecule has 1 aliphatic rings. The van der Waals surface area contributed by atoms with Gasteiger partial charge in [-0.3, -0.25) is 9.88 Å². The van der Waals surface area contributed by atoms with Crippen molar-refractivity contribution in [3.63, 3.8) is 0 Å². The predicted octanol–water partition coefficient (Wildman–Crippen LogP) is 2.26. The second-order valence-corrected chi connectivity index (χ2v) is 5.99. The summed E-state index contributed by atoms with van der Waals surface area (Å²) in [6, 6.07) is 2.60. The molecule has 0 saturated carbocycles. The average molecular weight is 233 g/mol. The summed E-state index contributed by atoms with van der Waals surface area (Å²) in [6.45, 7) is 9.98. The topological polar surface area (TPSA) is 42.1 Å². The van der Waals surface area contributed by atoms with Gasteiger partial charge >= 0.3 is 0 Å². The van der Waals surface area contributed by atoms with E-state index >= 15 is 0 Å². The van der Waals surface area contributed by atoms with Crippen molar-refractivity contribution >= 4 is 0 Å². The molecule has 1 aromatic heterocycles. The van der Waals surface area contributed by atoms with E-state index in [-0.39, 0.29) is 11.6 Å². The largest absolute Gasteiger partial charge is 0.326 e. The number of hydrogen-bond acceptors (Lipinski definition) is 3. The first-order valence-corrected chi connectivity index (χ1v) is 6.34. The zero-order valence-corrected chi connectivity index (χ0v) is 11.3. The predicted molar refractivity (Wildman–Crippen MR) is 70.8 cm³/mol. The molecule has 2 atom stereocenters. The van der Waals surface area contributed by atoms with E-state index in [1.54, 1.807) is 0 Å². The quantitative estimate of drug-likeness (QED) is 0.809. The van der Waals surface area contributed by atoms with Gasteiger partial charge in [0.15, 0.2) is 0 Å². The summed E-state index contributed by atoms with van der Waals surface area (Å²) in [5.74, 6) is 0. The first-order chi connectivity index (χ1) is 7.91. The molecule has 1 saturated heterocycles. The Kier molecular flexibility index (Phi) is 3.23. The van der Waals surface area contributed by atoms with Crippen LogP contribution in [0.4, 0.5) is 0 Å². The maximum absolute atomic E-state index is 6.30. The fraction of sp³-hybridized carbons (Fsp3) is 0.643. The van der Waals surface area contributed by atoms with Gasteiger partial charge in [0, 0.05) is 30.5 Å². The Hall–Kier alpha value is -0.930. The van der Waals surface area contributed by atoms with Crippen molar-refractivity contribution in [1.82, 2.24) is 9.88 Å². The van der Waals surface area contributed by atoms with Crippen LogP contribution in [-0.4, -0.2) is 28.0 Å². The summed E-state index contributed by atoms with van der Waals surface area (Å²) < 4.78 is 0. The number of pyridine rings is 1. The van der Waals surface area contributed by atoms with Crippen LogP contribution in [0.25, 0.3) is 0 Å². The molecule has 0 bridgehead atoms. The zero-order chi connectivity index (χ0) is 12.6. The Morgan fingerprint density at radius 3 is 2.71 bits per heavy atom. The highest BCUT2D eigenvalue weighted by Gasteiger charge is 2.39. The van der Waals surface area contributed by atoms with Crippen LogP contribution >= 0.6 is 0 Å². The summed E-state index contributed by atoms with van der Waals surface area (Å²) in [5, 5.41) is 0. The molecule has 0 aliphatic carbocycles. The second-order valence-electron chi connectivity index (χ2n) is 5.99. The van der Waals surface area contributed by atoms with E-state index in [1.165, 1.54) is 11.1 Å². The maximum Gasteiger partial charge on any atom is 0.0522 e.